The molecule has 0 heterocycles. The minimum absolute atomic E-state index is 0.185. The highest BCUT2D eigenvalue weighted by Crippen LogP contribution is 2.29. The molecule has 0 aliphatic heterocycles. The van der Waals surface area contributed by atoms with Crippen molar-refractivity contribution in [1.82, 2.24) is 5.32 Å². The third-order valence-corrected chi connectivity index (χ3v) is 4.61. The SMILES string of the molecule is CC1CCCC(NC(=O)COC(=O)C=Cc2ccccc2)C1C. The van der Waals surface area contributed by atoms with Crippen LogP contribution in [-0.2, 0) is 14.3 Å². The second-order valence-corrected chi connectivity index (χ2v) is 6.29. The van der Waals surface area contributed by atoms with E-state index >= 15 is 0 Å². The van der Waals surface area contributed by atoms with E-state index in [0.29, 0.717) is 11.8 Å². The number of hydrogen-bond acceptors (Lipinski definition) is 3. The summed E-state index contributed by atoms with van der Waals surface area (Å²) < 4.78 is 4.99. The zero-order valence-corrected chi connectivity index (χ0v) is 13.8. The Hall–Kier alpha value is -2.10. The maximum Gasteiger partial charge on any atom is 0.331 e. The zero-order valence-electron chi connectivity index (χ0n) is 13.8. The fourth-order valence-corrected chi connectivity index (χ4v) is 2.95. The quantitative estimate of drug-likeness (QED) is 0.670. The van der Waals surface area contributed by atoms with Gasteiger partial charge in [0.05, 0.1) is 0 Å². The van der Waals surface area contributed by atoms with Crippen LogP contribution >= 0.6 is 0 Å². The largest absolute Gasteiger partial charge is 0.452 e. The van der Waals surface area contributed by atoms with E-state index in [2.05, 4.69) is 19.2 Å². The molecule has 0 aromatic heterocycles. The van der Waals surface area contributed by atoms with Gasteiger partial charge in [0.25, 0.3) is 5.91 Å². The van der Waals surface area contributed by atoms with E-state index in [-0.39, 0.29) is 18.6 Å². The molecule has 2 rings (SSSR count). The summed E-state index contributed by atoms with van der Waals surface area (Å²) in [4.78, 5) is 23.6. The molecule has 23 heavy (non-hydrogen) atoms. The molecule has 1 aliphatic rings. The second kappa shape index (κ2) is 8.51. The molecule has 1 aromatic rings. The fourth-order valence-electron chi connectivity index (χ4n) is 2.95. The van der Waals surface area contributed by atoms with Crippen molar-refractivity contribution in [3.8, 4) is 0 Å². The highest BCUT2D eigenvalue weighted by molar-refractivity contribution is 5.89. The maximum absolute atomic E-state index is 11.9. The third-order valence-electron chi connectivity index (χ3n) is 4.61. The molecule has 124 valence electrons. The molecule has 1 aromatic carbocycles. The monoisotopic (exact) mass is 315 g/mol. The molecule has 1 amide bonds. The van der Waals surface area contributed by atoms with Gasteiger partial charge < -0.3 is 10.1 Å². The number of carbonyl (C=O) groups excluding carboxylic acids is 2. The molecule has 1 N–H and O–H groups in total. The van der Waals surface area contributed by atoms with Crippen LogP contribution in [0.5, 0.6) is 0 Å². The number of amides is 1. The van der Waals surface area contributed by atoms with Gasteiger partial charge in [-0.25, -0.2) is 4.79 Å². The van der Waals surface area contributed by atoms with E-state index in [1.54, 1.807) is 6.08 Å². The molecule has 4 nitrogen and oxygen atoms in total. The van der Waals surface area contributed by atoms with E-state index < -0.39 is 5.97 Å². The summed E-state index contributed by atoms with van der Waals surface area (Å²) in [6.07, 6.45) is 6.36. The number of nitrogens with one attached hydrogen (secondary N) is 1. The number of ether oxygens (including phenoxy) is 1. The zero-order chi connectivity index (χ0) is 16.7. The van der Waals surface area contributed by atoms with Crippen molar-refractivity contribution in [2.45, 2.75) is 39.2 Å². The Bertz CT molecular complexity index is 553. The Labute approximate surface area is 137 Å². The van der Waals surface area contributed by atoms with Crippen LogP contribution in [0, 0.1) is 11.8 Å². The van der Waals surface area contributed by atoms with E-state index in [0.717, 1.165) is 18.4 Å². The van der Waals surface area contributed by atoms with Crippen LogP contribution in [0.25, 0.3) is 6.08 Å². The molecule has 0 bridgehead atoms. The van der Waals surface area contributed by atoms with Crippen molar-refractivity contribution < 1.29 is 14.3 Å². The lowest BCUT2D eigenvalue weighted by Gasteiger charge is -2.34. The van der Waals surface area contributed by atoms with Crippen LogP contribution in [0.1, 0.15) is 38.7 Å². The standard InChI is InChI=1S/C19H25NO3/c1-14-7-6-10-17(15(14)2)20-18(21)13-23-19(22)12-11-16-8-4-3-5-9-16/h3-5,8-9,11-12,14-15,17H,6-7,10,13H2,1-2H3,(H,20,21). The summed E-state index contributed by atoms with van der Waals surface area (Å²) in [7, 11) is 0. The Balaban J connectivity index is 1.73. The van der Waals surface area contributed by atoms with Gasteiger partial charge >= 0.3 is 5.97 Å². The van der Waals surface area contributed by atoms with E-state index in [4.69, 9.17) is 4.74 Å². The first kappa shape index (κ1) is 17.3. The van der Waals surface area contributed by atoms with Gasteiger partial charge in [0.2, 0.25) is 0 Å². The molecule has 1 aliphatic carbocycles. The van der Waals surface area contributed by atoms with Crippen molar-refractivity contribution in [2.24, 2.45) is 11.8 Å². The molecule has 0 radical (unpaired) electrons. The van der Waals surface area contributed by atoms with Gasteiger partial charge in [-0.15, -0.1) is 0 Å². The highest BCUT2D eigenvalue weighted by atomic mass is 16.5. The maximum atomic E-state index is 11.9. The number of benzene rings is 1. The van der Waals surface area contributed by atoms with Crippen molar-refractivity contribution in [1.29, 1.82) is 0 Å². The van der Waals surface area contributed by atoms with Crippen molar-refractivity contribution >= 4 is 18.0 Å². The van der Waals surface area contributed by atoms with Crippen LogP contribution in [0.2, 0.25) is 0 Å². The van der Waals surface area contributed by atoms with Crippen LogP contribution in [0.3, 0.4) is 0 Å². The number of rotatable bonds is 5. The molecule has 0 saturated heterocycles. The molecular formula is C19H25NO3. The smallest absolute Gasteiger partial charge is 0.331 e. The summed E-state index contributed by atoms with van der Waals surface area (Å²) >= 11 is 0. The van der Waals surface area contributed by atoms with Crippen LogP contribution < -0.4 is 5.32 Å². The average Bonchev–Trinajstić information content (AvgIpc) is 2.56. The summed E-state index contributed by atoms with van der Waals surface area (Å²) in [5, 5.41) is 2.99. The van der Waals surface area contributed by atoms with Crippen LogP contribution in [0.15, 0.2) is 36.4 Å². The molecule has 3 unspecified atom stereocenters. The topological polar surface area (TPSA) is 55.4 Å². The lowest BCUT2D eigenvalue weighted by atomic mass is 9.78. The minimum Gasteiger partial charge on any atom is -0.452 e. The van der Waals surface area contributed by atoms with Gasteiger partial charge in [-0.1, -0.05) is 57.0 Å². The van der Waals surface area contributed by atoms with E-state index in [1.165, 1.54) is 12.5 Å². The Morgan fingerprint density at radius 1 is 1.22 bits per heavy atom. The number of hydrogen-bond donors (Lipinski definition) is 1. The summed E-state index contributed by atoms with van der Waals surface area (Å²) in [6, 6.07) is 9.66. The van der Waals surface area contributed by atoms with Gasteiger partial charge in [0.15, 0.2) is 6.61 Å². The molecule has 0 spiro atoms. The third kappa shape index (κ3) is 5.55. The van der Waals surface area contributed by atoms with E-state index in [1.807, 2.05) is 30.3 Å². The fraction of sp³-hybridized carbons (Fsp3) is 0.474. The van der Waals surface area contributed by atoms with Gasteiger partial charge in [-0.2, -0.15) is 0 Å². The van der Waals surface area contributed by atoms with E-state index in [9.17, 15) is 9.59 Å². The predicted octanol–water partition coefficient (Wildman–Crippen LogP) is 3.18. The van der Waals surface area contributed by atoms with Gasteiger partial charge in [0, 0.05) is 12.1 Å². The molecule has 4 heteroatoms. The first-order valence-electron chi connectivity index (χ1n) is 8.25. The first-order chi connectivity index (χ1) is 11.1. The lowest BCUT2D eigenvalue weighted by Crippen LogP contribution is -2.45. The van der Waals surface area contributed by atoms with Crippen LogP contribution in [-0.4, -0.2) is 24.5 Å². The Morgan fingerprint density at radius 3 is 2.70 bits per heavy atom. The number of carbonyl (C=O) groups is 2. The predicted molar refractivity (Wildman–Crippen MR) is 90.5 cm³/mol. The second-order valence-electron chi connectivity index (χ2n) is 6.29. The van der Waals surface area contributed by atoms with Gasteiger partial charge in [-0.3, -0.25) is 4.79 Å². The van der Waals surface area contributed by atoms with Crippen molar-refractivity contribution in [3.05, 3.63) is 42.0 Å². The molecule has 3 atom stereocenters. The Morgan fingerprint density at radius 2 is 1.96 bits per heavy atom. The van der Waals surface area contributed by atoms with Crippen molar-refractivity contribution in [3.63, 3.8) is 0 Å². The lowest BCUT2D eigenvalue weighted by molar-refractivity contribution is -0.144. The van der Waals surface area contributed by atoms with Gasteiger partial charge in [-0.05, 0) is 29.9 Å². The van der Waals surface area contributed by atoms with Gasteiger partial charge in [0.1, 0.15) is 0 Å². The summed E-state index contributed by atoms with van der Waals surface area (Å²) in [5.74, 6) is 0.346. The van der Waals surface area contributed by atoms with Crippen LogP contribution in [0.4, 0.5) is 0 Å². The average molecular weight is 315 g/mol. The number of esters is 1. The normalized spacial score (nSPS) is 24.3. The Kier molecular flexibility index (Phi) is 6.39. The first-order valence-corrected chi connectivity index (χ1v) is 8.25. The molecule has 1 saturated carbocycles. The minimum atomic E-state index is -0.505. The van der Waals surface area contributed by atoms with Crippen molar-refractivity contribution in [2.75, 3.05) is 6.61 Å². The molecular weight excluding hydrogens is 290 g/mol. The summed E-state index contributed by atoms with van der Waals surface area (Å²) in [6.45, 7) is 4.16. The molecule has 1 fully saturated rings. The highest BCUT2D eigenvalue weighted by Gasteiger charge is 2.28. The summed E-state index contributed by atoms with van der Waals surface area (Å²) in [5.41, 5.74) is 0.916.